The van der Waals surface area contributed by atoms with Gasteiger partial charge in [0, 0.05) is 49.6 Å². The minimum absolute atomic E-state index is 0. The number of benzene rings is 1. The lowest BCUT2D eigenvalue weighted by Gasteiger charge is -2.45. The molecule has 1 spiro atoms. The van der Waals surface area contributed by atoms with Crippen molar-refractivity contribution in [3.8, 4) is 0 Å². The van der Waals surface area contributed by atoms with Crippen LogP contribution in [0.4, 0.5) is 0 Å². The lowest BCUT2D eigenvalue weighted by Crippen LogP contribution is -2.53. The van der Waals surface area contributed by atoms with Gasteiger partial charge in [0.05, 0.1) is 6.54 Å². The number of likely N-dealkylation sites (tertiary alicyclic amines) is 1. The van der Waals surface area contributed by atoms with Crippen molar-refractivity contribution in [1.82, 2.24) is 15.1 Å². The molecule has 2 aliphatic heterocycles. The van der Waals surface area contributed by atoms with Gasteiger partial charge in [0.15, 0.2) is 5.96 Å². The predicted octanol–water partition coefficient (Wildman–Crippen LogP) is 4.64. The zero-order chi connectivity index (χ0) is 20.8. The van der Waals surface area contributed by atoms with E-state index in [1.807, 2.05) is 4.90 Å². The first-order valence-corrected chi connectivity index (χ1v) is 12.7. The van der Waals surface area contributed by atoms with Gasteiger partial charge in [0.25, 0.3) is 0 Å². The lowest BCUT2D eigenvalue weighted by molar-refractivity contribution is -0.128. The number of carbonyl (C=O) groups is 1. The summed E-state index contributed by atoms with van der Waals surface area (Å²) < 4.78 is 0.431. The summed E-state index contributed by atoms with van der Waals surface area (Å²) >= 11 is 2.20. The van der Waals surface area contributed by atoms with Gasteiger partial charge in [0.2, 0.25) is 5.91 Å². The number of carbonyl (C=O) groups excluding carboxylic acids is 1. The number of rotatable bonds is 5. The number of amides is 1. The Hall–Kier alpha value is -0.960. The first-order chi connectivity index (χ1) is 14.7. The summed E-state index contributed by atoms with van der Waals surface area (Å²) in [6.45, 7) is 7.49. The predicted molar refractivity (Wildman–Crippen MR) is 141 cm³/mol. The van der Waals surface area contributed by atoms with E-state index < -0.39 is 0 Å². The minimum atomic E-state index is 0. The average Bonchev–Trinajstić information content (AvgIpc) is 3.17. The summed E-state index contributed by atoms with van der Waals surface area (Å²) in [7, 11) is 0. The van der Waals surface area contributed by atoms with Gasteiger partial charge in [-0.1, -0.05) is 43.5 Å². The lowest BCUT2D eigenvalue weighted by atomic mass is 9.87. The monoisotopic (exact) mass is 556 g/mol. The maximum atomic E-state index is 12.1. The molecule has 1 amide bonds. The van der Waals surface area contributed by atoms with Crippen LogP contribution < -0.4 is 5.32 Å². The number of nitrogens with one attached hydrogen (secondary N) is 1. The van der Waals surface area contributed by atoms with Crippen LogP contribution in [0.3, 0.4) is 0 Å². The number of hydrogen-bond acceptors (Lipinski definition) is 3. The molecule has 3 fully saturated rings. The van der Waals surface area contributed by atoms with Gasteiger partial charge in [-0.25, -0.2) is 4.99 Å². The summed E-state index contributed by atoms with van der Waals surface area (Å²) in [6.07, 6.45) is 8.51. The van der Waals surface area contributed by atoms with E-state index in [9.17, 15) is 4.79 Å². The van der Waals surface area contributed by atoms with Crippen molar-refractivity contribution in [2.75, 3.05) is 31.9 Å². The third-order valence-electron chi connectivity index (χ3n) is 6.70. The van der Waals surface area contributed by atoms with Gasteiger partial charge >= 0.3 is 0 Å². The molecular formula is C24H37IN4OS. The van der Waals surface area contributed by atoms with Crippen LogP contribution in [0.5, 0.6) is 0 Å². The zero-order valence-corrected chi connectivity index (χ0v) is 21.9. The molecule has 0 atom stereocenters. The highest BCUT2D eigenvalue weighted by molar-refractivity contribution is 14.0. The number of thioether (sulfide) groups is 1. The molecule has 31 heavy (non-hydrogen) atoms. The Balaban J connectivity index is 0.00000272. The van der Waals surface area contributed by atoms with Crippen molar-refractivity contribution >= 4 is 47.6 Å². The highest BCUT2D eigenvalue weighted by atomic mass is 127. The van der Waals surface area contributed by atoms with E-state index in [-0.39, 0.29) is 29.9 Å². The maximum absolute atomic E-state index is 12.1. The Morgan fingerprint density at radius 1 is 1.13 bits per heavy atom. The largest absolute Gasteiger partial charge is 0.357 e. The standard InChI is InChI=1S/C24H36N4OS.HI/c1-2-25-23(28-15-16-30-24(19-28)12-6-3-7-13-24)26-17-20-9-4-5-10-21(20)18-27-14-8-11-22(27)29;/h4-5,9-10H,2-3,6-8,11-19H2,1H3,(H,25,26);1H. The van der Waals surface area contributed by atoms with E-state index in [1.54, 1.807) is 0 Å². The molecule has 3 aliphatic rings. The van der Waals surface area contributed by atoms with Gasteiger partial charge in [-0.3, -0.25) is 4.79 Å². The molecule has 0 radical (unpaired) electrons. The molecule has 1 aliphatic carbocycles. The van der Waals surface area contributed by atoms with Gasteiger partial charge in [-0.15, -0.1) is 24.0 Å². The van der Waals surface area contributed by atoms with Crippen LogP contribution in [0.2, 0.25) is 0 Å². The number of hydrogen-bond donors (Lipinski definition) is 1. The molecule has 1 N–H and O–H groups in total. The van der Waals surface area contributed by atoms with Crippen LogP contribution >= 0.6 is 35.7 Å². The fourth-order valence-corrected chi connectivity index (χ4v) is 6.62. The van der Waals surface area contributed by atoms with Crippen LogP contribution in [0.25, 0.3) is 0 Å². The molecule has 5 nitrogen and oxygen atoms in total. The minimum Gasteiger partial charge on any atom is -0.357 e. The van der Waals surface area contributed by atoms with Crippen LogP contribution in [-0.2, 0) is 17.9 Å². The van der Waals surface area contributed by atoms with E-state index in [1.165, 1.54) is 49.0 Å². The molecule has 2 heterocycles. The molecule has 0 aromatic heterocycles. The van der Waals surface area contributed by atoms with Crippen LogP contribution in [0.15, 0.2) is 29.3 Å². The average molecular weight is 557 g/mol. The second-order valence-corrected chi connectivity index (χ2v) is 10.4. The summed E-state index contributed by atoms with van der Waals surface area (Å²) in [4.78, 5) is 21.6. The van der Waals surface area contributed by atoms with Crippen molar-refractivity contribution in [3.63, 3.8) is 0 Å². The Morgan fingerprint density at radius 3 is 2.61 bits per heavy atom. The van der Waals surface area contributed by atoms with Gasteiger partial charge < -0.3 is 15.1 Å². The third kappa shape index (κ3) is 6.30. The molecule has 1 saturated carbocycles. The Bertz CT molecular complexity index is 760. The molecular weight excluding hydrogens is 519 g/mol. The van der Waals surface area contributed by atoms with E-state index in [0.29, 0.717) is 24.3 Å². The fraction of sp³-hybridized carbons (Fsp3) is 0.667. The third-order valence-corrected chi connectivity index (χ3v) is 8.23. The first kappa shape index (κ1) is 24.7. The van der Waals surface area contributed by atoms with E-state index in [4.69, 9.17) is 4.99 Å². The second kappa shape index (κ2) is 11.8. The van der Waals surface area contributed by atoms with E-state index >= 15 is 0 Å². The summed E-state index contributed by atoms with van der Waals surface area (Å²) in [5.41, 5.74) is 2.46. The Labute approximate surface area is 208 Å². The number of aliphatic imine (C=N–C) groups is 1. The first-order valence-electron chi connectivity index (χ1n) is 11.7. The normalized spacial score (nSPS) is 21.3. The molecule has 2 saturated heterocycles. The SMILES string of the molecule is CCNC(=NCc1ccccc1CN1CCCC1=O)N1CCSC2(CCCCC2)C1.I. The molecule has 4 rings (SSSR count). The molecule has 0 bridgehead atoms. The Kier molecular flexibility index (Phi) is 9.37. The second-order valence-electron chi connectivity index (χ2n) is 8.87. The summed E-state index contributed by atoms with van der Waals surface area (Å²) in [5, 5.41) is 3.55. The Morgan fingerprint density at radius 2 is 1.90 bits per heavy atom. The molecule has 0 unspecified atom stereocenters. The van der Waals surface area contributed by atoms with Gasteiger partial charge in [-0.2, -0.15) is 11.8 Å². The van der Waals surface area contributed by atoms with Crippen molar-refractivity contribution in [1.29, 1.82) is 0 Å². The van der Waals surface area contributed by atoms with E-state index in [0.717, 1.165) is 38.6 Å². The van der Waals surface area contributed by atoms with Crippen molar-refractivity contribution in [2.24, 2.45) is 4.99 Å². The van der Waals surface area contributed by atoms with Crippen molar-refractivity contribution in [2.45, 2.75) is 69.7 Å². The van der Waals surface area contributed by atoms with Gasteiger partial charge in [0.1, 0.15) is 0 Å². The molecule has 1 aromatic rings. The highest BCUT2D eigenvalue weighted by Gasteiger charge is 2.38. The molecule has 172 valence electrons. The fourth-order valence-electron chi connectivity index (χ4n) is 5.05. The quantitative estimate of drug-likeness (QED) is 0.326. The van der Waals surface area contributed by atoms with Crippen LogP contribution in [0, 0.1) is 0 Å². The summed E-state index contributed by atoms with van der Waals surface area (Å²) in [5.74, 6) is 2.53. The summed E-state index contributed by atoms with van der Waals surface area (Å²) in [6, 6.07) is 8.47. The highest BCUT2D eigenvalue weighted by Crippen LogP contribution is 2.42. The van der Waals surface area contributed by atoms with Crippen LogP contribution in [-0.4, -0.2) is 58.3 Å². The number of halogens is 1. The van der Waals surface area contributed by atoms with Gasteiger partial charge in [-0.05, 0) is 37.3 Å². The van der Waals surface area contributed by atoms with Crippen molar-refractivity contribution in [3.05, 3.63) is 35.4 Å². The molecule has 7 heteroatoms. The smallest absolute Gasteiger partial charge is 0.222 e. The maximum Gasteiger partial charge on any atom is 0.222 e. The van der Waals surface area contributed by atoms with Crippen molar-refractivity contribution < 1.29 is 4.79 Å². The number of nitrogens with zero attached hydrogens (tertiary/aromatic N) is 3. The number of guanidine groups is 1. The zero-order valence-electron chi connectivity index (χ0n) is 18.8. The molecule has 1 aromatic carbocycles. The van der Waals surface area contributed by atoms with E-state index in [2.05, 4.69) is 53.2 Å². The topological polar surface area (TPSA) is 47.9 Å². The van der Waals surface area contributed by atoms with Crippen LogP contribution in [0.1, 0.15) is 63.0 Å².